The van der Waals surface area contributed by atoms with Crippen molar-refractivity contribution in [2.75, 3.05) is 0 Å². The van der Waals surface area contributed by atoms with Crippen LogP contribution < -0.4 is 0 Å². The van der Waals surface area contributed by atoms with Crippen molar-refractivity contribution >= 4 is 17.8 Å². The van der Waals surface area contributed by atoms with E-state index in [1.54, 1.807) is 6.20 Å². The second-order valence-electron chi connectivity index (χ2n) is 3.88. The summed E-state index contributed by atoms with van der Waals surface area (Å²) in [5.41, 5.74) is 3.54. The van der Waals surface area contributed by atoms with Gasteiger partial charge in [-0.2, -0.15) is 0 Å². The first-order chi connectivity index (χ1) is 8.19. The Labute approximate surface area is 104 Å². The molecule has 1 aromatic carbocycles. The molecule has 1 heterocycles. The quantitative estimate of drug-likeness (QED) is 0.832. The number of rotatable bonds is 4. The number of nitrogens with zero attached hydrogens (tertiary/aromatic N) is 1. The highest BCUT2D eigenvalue weighted by Gasteiger charge is 2.06. The molecule has 0 amide bonds. The van der Waals surface area contributed by atoms with Crippen LogP contribution in [0.5, 0.6) is 0 Å². The van der Waals surface area contributed by atoms with Gasteiger partial charge in [0.25, 0.3) is 0 Å². The minimum Gasteiger partial charge on any atom is -0.451 e. The number of benzene rings is 1. The summed E-state index contributed by atoms with van der Waals surface area (Å²) in [4.78, 5) is 15.2. The average Bonchev–Trinajstić information content (AvgIpc) is 2.73. The van der Waals surface area contributed by atoms with Crippen LogP contribution in [-0.2, 0) is 16.1 Å². The molecule has 17 heavy (non-hydrogen) atoms. The van der Waals surface area contributed by atoms with Gasteiger partial charge in [0.05, 0.1) is 4.88 Å². The van der Waals surface area contributed by atoms with E-state index in [0.29, 0.717) is 0 Å². The highest BCUT2D eigenvalue weighted by atomic mass is 32.1. The number of aryl methyl sites for hydroxylation is 2. The lowest BCUT2D eigenvalue weighted by Gasteiger charge is -2.01. The first-order valence-corrected chi connectivity index (χ1v) is 6.03. The van der Waals surface area contributed by atoms with E-state index in [4.69, 9.17) is 0 Å². The molecule has 0 saturated carbocycles. The van der Waals surface area contributed by atoms with Crippen molar-refractivity contribution < 1.29 is 9.53 Å². The van der Waals surface area contributed by atoms with Crippen molar-refractivity contribution in [3.63, 3.8) is 0 Å². The van der Waals surface area contributed by atoms with E-state index in [9.17, 15) is 4.79 Å². The van der Waals surface area contributed by atoms with Gasteiger partial charge in [-0.1, -0.05) is 17.2 Å². The Hall–Kier alpha value is -1.68. The molecule has 0 atom stereocenters. The minimum absolute atomic E-state index is 0.242. The fourth-order valence-corrected chi connectivity index (χ4v) is 2.52. The van der Waals surface area contributed by atoms with Gasteiger partial charge in [-0.25, -0.2) is 9.78 Å². The second-order valence-corrected chi connectivity index (χ2v) is 5.00. The zero-order valence-corrected chi connectivity index (χ0v) is 10.5. The Bertz CT molecular complexity index is 514. The predicted octanol–water partition coefficient (Wildman–Crippen LogP) is 3.01. The average molecular weight is 246 g/mol. The third-order valence-corrected chi connectivity index (χ3v) is 3.32. The molecule has 0 aliphatic carbocycles. The summed E-state index contributed by atoms with van der Waals surface area (Å²) >= 11 is 1.53. The van der Waals surface area contributed by atoms with Crippen molar-refractivity contribution in [3.8, 4) is 10.6 Å². The number of ether oxygens (including phenoxy) is 1. The van der Waals surface area contributed by atoms with Gasteiger partial charge in [0.1, 0.15) is 11.6 Å². The molecule has 2 rings (SSSR count). The number of hydrogen-bond acceptors (Lipinski definition) is 4. The first kappa shape index (κ1) is 11.8. The maximum atomic E-state index is 9.98. The monoisotopic (exact) mass is 246 g/mol. The second kappa shape index (κ2) is 5.10. The summed E-state index contributed by atoms with van der Waals surface area (Å²) in [5, 5.41) is 0.946. The fraction of sp³-hybridized carbons (Fsp3) is 0.231. The van der Waals surface area contributed by atoms with Crippen molar-refractivity contribution in [1.82, 2.24) is 4.98 Å². The highest BCUT2D eigenvalue weighted by Crippen LogP contribution is 2.27. The summed E-state index contributed by atoms with van der Waals surface area (Å²) < 4.78 is 4.58. The first-order valence-electron chi connectivity index (χ1n) is 5.21. The highest BCUT2D eigenvalue weighted by molar-refractivity contribution is 7.15. The number of aromatic nitrogens is 1. The lowest BCUT2D eigenvalue weighted by Crippen LogP contribution is -1.84. The third kappa shape index (κ3) is 2.91. The molecule has 2 aromatic rings. The van der Waals surface area contributed by atoms with Gasteiger partial charge < -0.3 is 4.74 Å². The van der Waals surface area contributed by atoms with E-state index in [2.05, 4.69) is 41.8 Å². The van der Waals surface area contributed by atoms with Crippen molar-refractivity contribution in [2.45, 2.75) is 20.5 Å². The number of carbonyl (C=O) groups excluding carboxylic acids is 1. The maximum absolute atomic E-state index is 9.98. The van der Waals surface area contributed by atoms with Gasteiger partial charge in [-0.3, -0.25) is 0 Å². The molecule has 0 aliphatic rings. The van der Waals surface area contributed by atoms with Gasteiger partial charge >= 0.3 is 6.47 Å². The van der Waals surface area contributed by atoms with Crippen LogP contribution in [0.3, 0.4) is 0 Å². The summed E-state index contributed by atoms with van der Waals surface area (Å²) in [6, 6.07) is 6.33. The normalized spacial score (nSPS) is 10.2. The molecule has 0 aliphatic heterocycles. The fourth-order valence-electron chi connectivity index (χ4n) is 1.71. The molecular formula is C13H12NO2S. The molecule has 1 radical (unpaired) electrons. The summed E-state index contributed by atoms with van der Waals surface area (Å²) in [6.07, 6.45) is 1.73. The molecular weight excluding hydrogens is 234 g/mol. The van der Waals surface area contributed by atoms with Crippen molar-refractivity contribution in [3.05, 3.63) is 40.4 Å². The molecule has 0 unspecified atom stereocenters. The Morgan fingerprint density at radius 2 is 2.00 bits per heavy atom. The maximum Gasteiger partial charge on any atom is 0.417 e. The van der Waals surface area contributed by atoms with Gasteiger partial charge in [-0.05, 0) is 26.0 Å². The topological polar surface area (TPSA) is 39.2 Å². The van der Waals surface area contributed by atoms with E-state index in [1.165, 1.54) is 28.9 Å². The van der Waals surface area contributed by atoms with Gasteiger partial charge in [0, 0.05) is 11.8 Å². The standard InChI is InChI=1S/C13H12NO2S/c1-9-3-10(2)5-11(4-9)13-14-6-12(17-13)7-16-8-15/h3-6H,7H2,1-2H3. The predicted molar refractivity (Wildman–Crippen MR) is 67.5 cm³/mol. The minimum atomic E-state index is 0.242. The Morgan fingerprint density at radius 3 is 2.65 bits per heavy atom. The summed E-state index contributed by atoms with van der Waals surface area (Å²) in [6.45, 7) is 5.78. The molecule has 0 fully saturated rings. The lowest BCUT2D eigenvalue weighted by atomic mass is 10.1. The van der Waals surface area contributed by atoms with E-state index in [1.807, 2.05) is 0 Å². The van der Waals surface area contributed by atoms with Gasteiger partial charge in [0.15, 0.2) is 0 Å². The lowest BCUT2D eigenvalue weighted by molar-refractivity contribution is 0.270. The number of hydrogen-bond donors (Lipinski definition) is 0. The van der Waals surface area contributed by atoms with Crippen LogP contribution in [0.2, 0.25) is 0 Å². The molecule has 3 nitrogen and oxygen atoms in total. The van der Waals surface area contributed by atoms with Crippen molar-refractivity contribution in [2.24, 2.45) is 0 Å². The van der Waals surface area contributed by atoms with E-state index in [-0.39, 0.29) is 6.61 Å². The Morgan fingerprint density at radius 1 is 1.29 bits per heavy atom. The van der Waals surface area contributed by atoms with E-state index < -0.39 is 0 Å². The molecule has 0 N–H and O–H groups in total. The van der Waals surface area contributed by atoms with Gasteiger partial charge in [0.2, 0.25) is 0 Å². The summed E-state index contributed by atoms with van der Waals surface area (Å²) in [7, 11) is 0. The molecule has 87 valence electrons. The largest absolute Gasteiger partial charge is 0.451 e. The molecule has 0 spiro atoms. The molecule has 0 bridgehead atoms. The van der Waals surface area contributed by atoms with Crippen LogP contribution in [0.1, 0.15) is 16.0 Å². The summed E-state index contributed by atoms with van der Waals surface area (Å²) in [5.74, 6) is 0. The van der Waals surface area contributed by atoms with Crippen LogP contribution in [0, 0.1) is 13.8 Å². The molecule has 1 aromatic heterocycles. The molecule has 4 heteroatoms. The Kier molecular flexibility index (Phi) is 3.54. The van der Waals surface area contributed by atoms with Crippen molar-refractivity contribution in [1.29, 1.82) is 0 Å². The smallest absolute Gasteiger partial charge is 0.417 e. The van der Waals surface area contributed by atoms with Crippen LogP contribution in [0.25, 0.3) is 10.6 Å². The SMILES string of the molecule is Cc1cc(C)cc(-c2ncc(CO[C]=O)s2)c1. The Balaban J connectivity index is 2.26. The van der Waals surface area contributed by atoms with E-state index >= 15 is 0 Å². The zero-order chi connectivity index (χ0) is 12.3. The zero-order valence-electron chi connectivity index (χ0n) is 9.69. The van der Waals surface area contributed by atoms with Crippen LogP contribution in [0.15, 0.2) is 24.4 Å². The number of thiazole rings is 1. The van der Waals surface area contributed by atoms with Gasteiger partial charge in [-0.15, -0.1) is 11.3 Å². The van der Waals surface area contributed by atoms with Crippen LogP contribution >= 0.6 is 11.3 Å². The van der Waals surface area contributed by atoms with Crippen LogP contribution in [-0.4, -0.2) is 11.5 Å². The molecule has 0 saturated heterocycles. The van der Waals surface area contributed by atoms with E-state index in [0.717, 1.165) is 15.4 Å². The third-order valence-electron chi connectivity index (χ3n) is 2.30. The van der Waals surface area contributed by atoms with Crippen LogP contribution in [0.4, 0.5) is 0 Å².